The van der Waals surface area contributed by atoms with Gasteiger partial charge in [0.25, 0.3) is 12.9 Å². The molecule has 0 bridgehead atoms. The van der Waals surface area contributed by atoms with Gasteiger partial charge in [0.2, 0.25) is 5.91 Å². The van der Waals surface area contributed by atoms with Crippen LogP contribution in [0.25, 0.3) is 0 Å². The van der Waals surface area contributed by atoms with Gasteiger partial charge in [-0.05, 0) is 6.92 Å². The van der Waals surface area contributed by atoms with Crippen molar-refractivity contribution in [2.24, 2.45) is 0 Å². The van der Waals surface area contributed by atoms with E-state index in [1.165, 1.54) is 0 Å². The van der Waals surface area contributed by atoms with Crippen LogP contribution in [-0.4, -0.2) is 40.1 Å². The van der Waals surface area contributed by atoms with Crippen molar-refractivity contribution in [1.82, 2.24) is 15.1 Å². The van der Waals surface area contributed by atoms with Gasteiger partial charge in [-0.2, -0.15) is 17.7 Å². The Morgan fingerprint density at radius 1 is 1.33 bits per heavy atom. The van der Waals surface area contributed by atoms with Crippen LogP contribution in [0.2, 0.25) is 5.02 Å². The van der Waals surface area contributed by atoms with Crippen molar-refractivity contribution >= 4 is 36.1 Å². The number of amides is 1. The largest absolute Gasteiger partial charge is 0.464 e. The molecule has 0 aliphatic carbocycles. The van der Waals surface area contributed by atoms with Crippen LogP contribution >= 0.6 is 24.2 Å². The number of nitrogens with zero attached hydrogens (tertiary/aromatic N) is 2. The average molecular weight is 392 g/mol. The minimum Gasteiger partial charge on any atom is -0.464 e. The number of rotatable bonds is 8. The zero-order valence-corrected chi connectivity index (χ0v) is 14.0. The molecular formula is C12H14ClF4N3O3S. The molecule has 0 aromatic carbocycles. The van der Waals surface area contributed by atoms with E-state index in [0.29, 0.717) is 4.68 Å². The molecule has 1 aromatic rings. The lowest BCUT2D eigenvalue weighted by Gasteiger charge is -2.15. The topological polar surface area (TPSA) is 73.2 Å². The highest BCUT2D eigenvalue weighted by atomic mass is 35.5. The van der Waals surface area contributed by atoms with E-state index in [2.05, 4.69) is 23.0 Å². The molecule has 0 saturated carbocycles. The Morgan fingerprint density at radius 2 is 1.96 bits per heavy atom. The van der Waals surface area contributed by atoms with Crippen LogP contribution in [0, 0.1) is 0 Å². The van der Waals surface area contributed by atoms with Crippen molar-refractivity contribution < 1.29 is 31.9 Å². The van der Waals surface area contributed by atoms with Crippen LogP contribution in [0.3, 0.4) is 0 Å². The van der Waals surface area contributed by atoms with Gasteiger partial charge in [-0.25, -0.2) is 22.4 Å². The molecule has 24 heavy (non-hydrogen) atoms. The maximum Gasteiger partial charge on any atom is 0.329 e. The van der Waals surface area contributed by atoms with Gasteiger partial charge in [-0.1, -0.05) is 11.6 Å². The molecule has 0 unspecified atom stereocenters. The fraction of sp³-hybridized carbons (Fsp3) is 0.583. The molecule has 0 saturated heterocycles. The third kappa shape index (κ3) is 5.00. The minimum absolute atomic E-state index is 0.0705. The van der Waals surface area contributed by atoms with Gasteiger partial charge in [0.1, 0.15) is 24.0 Å². The summed E-state index contributed by atoms with van der Waals surface area (Å²) in [6, 6.07) is -1.11. The molecule has 0 spiro atoms. The lowest BCUT2D eigenvalue weighted by molar-refractivity contribution is -0.146. The van der Waals surface area contributed by atoms with E-state index in [4.69, 9.17) is 16.3 Å². The number of hydrogen-bond donors (Lipinski definition) is 2. The fourth-order valence-corrected chi connectivity index (χ4v) is 2.28. The number of esters is 1. The first-order chi connectivity index (χ1) is 11.2. The summed E-state index contributed by atoms with van der Waals surface area (Å²) in [7, 11) is 0. The molecule has 1 amide bonds. The number of carbonyl (C=O) groups is 2. The molecule has 6 nitrogen and oxygen atoms in total. The maximum atomic E-state index is 13.0. The SMILES string of the molecule is CCOC(=O)[C@H](CS)NC(=O)Cn1nc(C(F)F)c(Cl)c1C(F)F. The Bertz CT molecular complexity index is 600. The van der Waals surface area contributed by atoms with Crippen LogP contribution in [0.4, 0.5) is 17.6 Å². The van der Waals surface area contributed by atoms with E-state index < -0.39 is 53.7 Å². The molecule has 1 atom stereocenters. The monoisotopic (exact) mass is 391 g/mol. The second-order valence-corrected chi connectivity index (χ2v) is 5.14. The highest BCUT2D eigenvalue weighted by Gasteiger charge is 2.29. The van der Waals surface area contributed by atoms with E-state index in [1.54, 1.807) is 6.92 Å². The first-order valence-corrected chi connectivity index (χ1v) is 7.63. The van der Waals surface area contributed by atoms with Gasteiger partial charge >= 0.3 is 5.97 Å². The smallest absolute Gasteiger partial charge is 0.329 e. The van der Waals surface area contributed by atoms with Crippen LogP contribution in [-0.2, 0) is 20.9 Å². The van der Waals surface area contributed by atoms with Crippen molar-refractivity contribution in [3.8, 4) is 0 Å². The Morgan fingerprint density at radius 3 is 2.42 bits per heavy atom. The lowest BCUT2D eigenvalue weighted by Crippen LogP contribution is -2.44. The van der Waals surface area contributed by atoms with Gasteiger partial charge in [0.05, 0.1) is 11.6 Å². The Hall–Kier alpha value is -1.49. The zero-order chi connectivity index (χ0) is 18.4. The first-order valence-electron chi connectivity index (χ1n) is 6.62. The predicted molar refractivity (Wildman–Crippen MR) is 79.6 cm³/mol. The van der Waals surface area contributed by atoms with Crippen molar-refractivity contribution in [3.05, 3.63) is 16.4 Å². The molecule has 1 N–H and O–H groups in total. The number of ether oxygens (including phenoxy) is 1. The van der Waals surface area contributed by atoms with Crippen molar-refractivity contribution in [3.63, 3.8) is 0 Å². The molecule has 1 aromatic heterocycles. The zero-order valence-electron chi connectivity index (χ0n) is 12.3. The Kier molecular flexibility index (Phi) is 7.80. The molecule has 0 aliphatic heterocycles. The van der Waals surface area contributed by atoms with Crippen molar-refractivity contribution in [2.45, 2.75) is 32.4 Å². The molecule has 1 heterocycles. The molecule has 0 radical (unpaired) electrons. The van der Waals surface area contributed by atoms with Crippen LogP contribution < -0.4 is 5.32 Å². The minimum atomic E-state index is -3.21. The normalized spacial score (nSPS) is 12.5. The number of carbonyl (C=O) groups excluding carboxylic acids is 2. The van der Waals surface area contributed by atoms with Crippen LogP contribution in [0.15, 0.2) is 0 Å². The number of alkyl halides is 4. The quantitative estimate of drug-likeness (QED) is 0.405. The van der Waals surface area contributed by atoms with Gasteiger partial charge in [0, 0.05) is 5.75 Å². The highest BCUT2D eigenvalue weighted by molar-refractivity contribution is 7.80. The summed E-state index contributed by atoms with van der Waals surface area (Å²) in [5.41, 5.74) is -2.04. The van der Waals surface area contributed by atoms with Crippen LogP contribution in [0.5, 0.6) is 0 Å². The summed E-state index contributed by atoms with van der Waals surface area (Å²) in [4.78, 5) is 23.4. The number of aromatic nitrogens is 2. The summed E-state index contributed by atoms with van der Waals surface area (Å²) in [6.07, 6.45) is -6.39. The number of hydrogen-bond acceptors (Lipinski definition) is 5. The standard InChI is InChI=1S/C12H14ClF4N3O3S/c1-2-23-12(22)5(4-24)18-6(21)3-20-9(11(16)17)7(13)8(19-20)10(14)15/h5,10-11,24H,2-4H2,1H3,(H,18,21)/t5-/m0/s1. The highest BCUT2D eigenvalue weighted by Crippen LogP contribution is 2.34. The van der Waals surface area contributed by atoms with E-state index in [1.807, 2.05) is 0 Å². The van der Waals surface area contributed by atoms with E-state index >= 15 is 0 Å². The second-order valence-electron chi connectivity index (χ2n) is 4.40. The third-order valence-corrected chi connectivity index (χ3v) is 3.50. The Labute approximate surface area is 144 Å². The summed E-state index contributed by atoms with van der Waals surface area (Å²) in [6.45, 7) is 0.804. The van der Waals surface area contributed by atoms with Gasteiger partial charge < -0.3 is 10.1 Å². The first kappa shape index (κ1) is 20.6. The summed E-state index contributed by atoms with van der Waals surface area (Å²) in [5, 5.41) is 4.54. The number of nitrogens with one attached hydrogen (secondary N) is 1. The van der Waals surface area contributed by atoms with E-state index in [0.717, 1.165) is 0 Å². The second kappa shape index (κ2) is 9.11. The third-order valence-electron chi connectivity index (χ3n) is 2.75. The fourth-order valence-electron chi connectivity index (χ4n) is 1.74. The molecular weight excluding hydrogens is 378 g/mol. The van der Waals surface area contributed by atoms with Crippen molar-refractivity contribution in [1.29, 1.82) is 0 Å². The number of thiol groups is 1. The molecule has 12 heteroatoms. The summed E-state index contributed by atoms with van der Waals surface area (Å²) >= 11 is 9.34. The van der Waals surface area contributed by atoms with E-state index in [-0.39, 0.29) is 12.4 Å². The molecule has 136 valence electrons. The molecule has 0 aliphatic rings. The van der Waals surface area contributed by atoms with Gasteiger partial charge in [-0.3, -0.25) is 9.48 Å². The maximum absolute atomic E-state index is 13.0. The average Bonchev–Trinajstić information content (AvgIpc) is 2.81. The van der Waals surface area contributed by atoms with Gasteiger partial charge in [-0.15, -0.1) is 0 Å². The number of halogens is 5. The van der Waals surface area contributed by atoms with Gasteiger partial charge in [0.15, 0.2) is 0 Å². The van der Waals surface area contributed by atoms with Crippen LogP contribution in [0.1, 0.15) is 31.2 Å². The molecule has 0 fully saturated rings. The lowest BCUT2D eigenvalue weighted by atomic mass is 10.3. The van der Waals surface area contributed by atoms with E-state index in [9.17, 15) is 27.2 Å². The summed E-state index contributed by atoms with van der Waals surface area (Å²) in [5.74, 6) is -1.78. The Balaban J connectivity index is 2.94. The van der Waals surface area contributed by atoms with Crippen molar-refractivity contribution in [2.75, 3.05) is 12.4 Å². The molecule has 1 rings (SSSR count). The summed E-state index contributed by atoms with van der Waals surface area (Å²) < 4.78 is 56.4. The predicted octanol–water partition coefficient (Wildman–Crippen LogP) is 2.39.